The van der Waals surface area contributed by atoms with Gasteiger partial charge in [-0.25, -0.2) is 4.98 Å². The summed E-state index contributed by atoms with van der Waals surface area (Å²) in [6, 6.07) is 14.1. The van der Waals surface area contributed by atoms with Gasteiger partial charge in [-0.2, -0.15) is 4.98 Å². The van der Waals surface area contributed by atoms with Gasteiger partial charge in [0.25, 0.3) is 0 Å². The highest BCUT2D eigenvalue weighted by atomic mass is 16.5. The molecule has 1 atom stereocenters. The van der Waals surface area contributed by atoms with Crippen LogP contribution in [0.25, 0.3) is 11.1 Å². The molecule has 0 radical (unpaired) electrons. The highest BCUT2D eigenvalue weighted by Crippen LogP contribution is 2.37. The third-order valence-electron chi connectivity index (χ3n) is 6.13. The zero-order chi connectivity index (χ0) is 25.3. The molecule has 0 unspecified atom stereocenters. The number of rotatable bonds is 12. The van der Waals surface area contributed by atoms with Crippen molar-refractivity contribution in [3.8, 4) is 34.5 Å². The van der Waals surface area contributed by atoms with Crippen LogP contribution in [0.15, 0.2) is 48.7 Å². The lowest BCUT2D eigenvalue weighted by molar-refractivity contribution is -0.143. The molecule has 0 spiro atoms. The Balaban J connectivity index is 1.22. The quantitative estimate of drug-likeness (QED) is 0.258. The van der Waals surface area contributed by atoms with E-state index in [1.54, 1.807) is 13.3 Å². The molecule has 0 aliphatic heterocycles. The number of aromatic nitrogens is 2. The first kappa shape index (κ1) is 25.3. The Hall–Kier alpha value is -3.81. The number of hydrogen-bond donors (Lipinski definition) is 0. The van der Waals surface area contributed by atoms with E-state index in [9.17, 15) is 4.79 Å². The van der Waals surface area contributed by atoms with Crippen LogP contribution in [0.5, 0.6) is 23.4 Å². The SMILES string of the molecule is CCOC(=O)C[C@@H]1CCc2cc(OCCCOc3ccc(-c4cnc(OC)nc4OC)cc3)ccc21. The lowest BCUT2D eigenvalue weighted by Crippen LogP contribution is -2.08. The topological polar surface area (TPSA) is 89.0 Å². The Morgan fingerprint density at radius 1 is 1.00 bits per heavy atom. The smallest absolute Gasteiger partial charge is 0.319 e. The Kier molecular flexibility index (Phi) is 8.60. The number of nitrogens with zero attached hydrogens (tertiary/aromatic N) is 2. The second kappa shape index (κ2) is 12.2. The van der Waals surface area contributed by atoms with Crippen molar-refractivity contribution in [1.29, 1.82) is 0 Å². The largest absolute Gasteiger partial charge is 0.493 e. The van der Waals surface area contributed by atoms with Gasteiger partial charge in [0.15, 0.2) is 0 Å². The maximum Gasteiger partial charge on any atom is 0.319 e. The van der Waals surface area contributed by atoms with E-state index in [-0.39, 0.29) is 17.9 Å². The average Bonchev–Trinajstić information content (AvgIpc) is 3.30. The van der Waals surface area contributed by atoms with E-state index in [0.29, 0.717) is 32.1 Å². The minimum atomic E-state index is -0.125. The Labute approximate surface area is 211 Å². The molecule has 1 heterocycles. The van der Waals surface area contributed by atoms with E-state index < -0.39 is 0 Å². The summed E-state index contributed by atoms with van der Waals surface area (Å²) in [5.41, 5.74) is 4.20. The van der Waals surface area contributed by atoms with Gasteiger partial charge in [-0.3, -0.25) is 4.79 Å². The maximum absolute atomic E-state index is 11.8. The summed E-state index contributed by atoms with van der Waals surface area (Å²) in [6.07, 6.45) is 4.81. The molecule has 0 saturated heterocycles. The van der Waals surface area contributed by atoms with E-state index >= 15 is 0 Å². The van der Waals surface area contributed by atoms with Crippen LogP contribution in [0.3, 0.4) is 0 Å². The first-order chi connectivity index (χ1) is 17.6. The van der Waals surface area contributed by atoms with Crippen LogP contribution >= 0.6 is 0 Å². The Bertz CT molecular complexity index is 1170. The van der Waals surface area contributed by atoms with Crippen LogP contribution in [0.1, 0.15) is 43.2 Å². The van der Waals surface area contributed by atoms with Crippen molar-refractivity contribution in [3.63, 3.8) is 0 Å². The maximum atomic E-state index is 11.8. The van der Waals surface area contributed by atoms with Gasteiger partial charge in [0.05, 0.1) is 46.0 Å². The van der Waals surface area contributed by atoms with Gasteiger partial charge in [-0.15, -0.1) is 0 Å². The van der Waals surface area contributed by atoms with Gasteiger partial charge in [0.2, 0.25) is 5.88 Å². The van der Waals surface area contributed by atoms with Gasteiger partial charge in [0.1, 0.15) is 11.5 Å². The molecule has 0 bridgehead atoms. The summed E-state index contributed by atoms with van der Waals surface area (Å²) in [4.78, 5) is 20.2. The number of methoxy groups -OCH3 is 2. The number of hydrogen-bond acceptors (Lipinski definition) is 8. The van der Waals surface area contributed by atoms with Crippen molar-refractivity contribution >= 4 is 5.97 Å². The summed E-state index contributed by atoms with van der Waals surface area (Å²) < 4.78 is 27.3. The van der Waals surface area contributed by atoms with E-state index in [2.05, 4.69) is 22.1 Å². The van der Waals surface area contributed by atoms with Crippen molar-refractivity contribution in [2.45, 2.75) is 38.5 Å². The normalized spacial score (nSPS) is 14.1. The number of benzene rings is 2. The fourth-order valence-corrected chi connectivity index (χ4v) is 4.38. The van der Waals surface area contributed by atoms with E-state index in [1.807, 2.05) is 37.3 Å². The van der Waals surface area contributed by atoms with Gasteiger partial charge in [-0.05, 0) is 66.6 Å². The number of ether oxygens (including phenoxy) is 5. The number of fused-ring (bicyclic) bond motifs is 1. The Morgan fingerprint density at radius 3 is 2.47 bits per heavy atom. The molecule has 0 saturated carbocycles. The molecule has 1 aliphatic rings. The fraction of sp³-hybridized carbons (Fsp3) is 0.393. The summed E-state index contributed by atoms with van der Waals surface area (Å²) in [5.74, 6) is 2.20. The highest BCUT2D eigenvalue weighted by Gasteiger charge is 2.25. The third-order valence-corrected chi connectivity index (χ3v) is 6.13. The Morgan fingerprint density at radius 2 is 1.75 bits per heavy atom. The second-order valence-electron chi connectivity index (χ2n) is 8.46. The molecular formula is C28H32N2O6. The molecule has 1 aliphatic carbocycles. The molecule has 36 heavy (non-hydrogen) atoms. The van der Waals surface area contributed by atoms with Crippen molar-refractivity contribution in [3.05, 3.63) is 59.8 Å². The van der Waals surface area contributed by atoms with Gasteiger partial charge >= 0.3 is 12.0 Å². The van der Waals surface area contributed by atoms with Crippen molar-refractivity contribution in [2.24, 2.45) is 0 Å². The van der Waals surface area contributed by atoms with Crippen LogP contribution in [0.4, 0.5) is 0 Å². The molecule has 0 N–H and O–H groups in total. The van der Waals surface area contributed by atoms with Crippen LogP contribution < -0.4 is 18.9 Å². The van der Waals surface area contributed by atoms with E-state index in [1.165, 1.54) is 18.2 Å². The minimum absolute atomic E-state index is 0.125. The zero-order valence-corrected chi connectivity index (χ0v) is 21.0. The standard InChI is InChI=1S/C28H32N2O6/c1-4-34-26(31)17-21-7-6-20-16-23(12-13-24(20)21)36-15-5-14-35-22-10-8-19(9-11-22)25-18-29-28(33-3)30-27(25)32-2/h8-13,16,18,21H,4-7,14-15,17H2,1-3H3/t21-/m0/s1. The molecule has 1 aromatic heterocycles. The molecule has 8 heteroatoms. The molecule has 0 fully saturated rings. The van der Waals surface area contributed by atoms with Crippen molar-refractivity contribution in [2.75, 3.05) is 34.0 Å². The summed E-state index contributed by atoms with van der Waals surface area (Å²) in [6.45, 7) is 3.36. The first-order valence-corrected chi connectivity index (χ1v) is 12.2. The van der Waals surface area contributed by atoms with E-state index in [0.717, 1.165) is 41.9 Å². The van der Waals surface area contributed by atoms with Crippen molar-refractivity contribution in [1.82, 2.24) is 9.97 Å². The number of carbonyl (C=O) groups excluding carboxylic acids is 1. The molecule has 4 rings (SSSR count). The predicted octanol–water partition coefficient (Wildman–Crippen LogP) is 4.99. The van der Waals surface area contributed by atoms with Crippen LogP contribution in [0, 0.1) is 0 Å². The van der Waals surface area contributed by atoms with Gasteiger partial charge in [-0.1, -0.05) is 18.2 Å². The molecule has 0 amide bonds. The summed E-state index contributed by atoms with van der Waals surface area (Å²) >= 11 is 0. The highest BCUT2D eigenvalue weighted by molar-refractivity contribution is 5.71. The van der Waals surface area contributed by atoms with E-state index in [4.69, 9.17) is 23.7 Å². The van der Waals surface area contributed by atoms with Crippen molar-refractivity contribution < 1.29 is 28.5 Å². The van der Waals surface area contributed by atoms with Crippen LogP contribution in [0.2, 0.25) is 0 Å². The summed E-state index contributed by atoms with van der Waals surface area (Å²) in [7, 11) is 3.08. The number of esters is 1. The zero-order valence-electron chi connectivity index (χ0n) is 21.0. The third kappa shape index (κ3) is 6.24. The molecule has 2 aromatic carbocycles. The number of carbonyl (C=O) groups is 1. The minimum Gasteiger partial charge on any atom is -0.493 e. The fourth-order valence-electron chi connectivity index (χ4n) is 4.38. The first-order valence-electron chi connectivity index (χ1n) is 12.2. The monoisotopic (exact) mass is 492 g/mol. The molecular weight excluding hydrogens is 460 g/mol. The summed E-state index contributed by atoms with van der Waals surface area (Å²) in [5, 5.41) is 0. The lowest BCUT2D eigenvalue weighted by Gasteiger charge is -2.12. The average molecular weight is 493 g/mol. The molecule has 190 valence electrons. The van der Waals surface area contributed by atoms with Gasteiger partial charge in [0, 0.05) is 12.6 Å². The number of aryl methyl sites for hydroxylation is 1. The van der Waals surface area contributed by atoms with Crippen LogP contribution in [-0.2, 0) is 16.0 Å². The predicted molar refractivity (Wildman–Crippen MR) is 135 cm³/mol. The lowest BCUT2D eigenvalue weighted by atomic mass is 9.98. The second-order valence-corrected chi connectivity index (χ2v) is 8.46. The molecule has 8 nitrogen and oxygen atoms in total. The molecule has 3 aromatic rings. The van der Waals surface area contributed by atoms with Crippen LogP contribution in [-0.4, -0.2) is 50.0 Å². The van der Waals surface area contributed by atoms with Gasteiger partial charge < -0.3 is 23.7 Å².